The number of ether oxygens (including phenoxy) is 1. The van der Waals surface area contributed by atoms with E-state index in [0.29, 0.717) is 29.2 Å². The molecule has 2 amide bonds. The van der Waals surface area contributed by atoms with Crippen molar-refractivity contribution >= 4 is 51.6 Å². The minimum Gasteiger partial charge on any atom is -0.465 e. The molecule has 4 aromatic carbocycles. The highest BCUT2D eigenvalue weighted by molar-refractivity contribution is 8.00. The molecule has 0 spiro atoms. The van der Waals surface area contributed by atoms with Crippen LogP contribution in [-0.4, -0.2) is 36.3 Å². The molecule has 0 fully saturated rings. The molecule has 1 atom stereocenters. The number of hydrogen-bond acceptors (Lipinski definition) is 7. The average molecular weight is 666 g/mol. The van der Waals surface area contributed by atoms with Gasteiger partial charge in [0.25, 0.3) is 5.91 Å². The Bertz CT molecular complexity index is 1900. The maximum Gasteiger partial charge on any atom is 0.341 e. The van der Waals surface area contributed by atoms with Gasteiger partial charge in [-0.15, -0.1) is 23.1 Å². The molecule has 1 aliphatic rings. The van der Waals surface area contributed by atoms with E-state index in [-0.39, 0.29) is 11.5 Å². The molecule has 1 unspecified atom stereocenters. The van der Waals surface area contributed by atoms with Crippen LogP contribution >= 0.6 is 23.1 Å². The lowest BCUT2D eigenvalue weighted by Gasteiger charge is -2.27. The van der Waals surface area contributed by atoms with E-state index in [2.05, 4.69) is 27.7 Å². The van der Waals surface area contributed by atoms with Gasteiger partial charge in [-0.1, -0.05) is 78.9 Å². The van der Waals surface area contributed by atoms with Gasteiger partial charge in [-0.3, -0.25) is 14.5 Å². The number of nitrogens with zero attached hydrogens (tertiary/aromatic N) is 1. The summed E-state index contributed by atoms with van der Waals surface area (Å²) in [6.45, 7) is 2.24. The first-order chi connectivity index (χ1) is 22.9. The number of esters is 1. The summed E-state index contributed by atoms with van der Waals surface area (Å²) in [5, 5.41) is 5.60. The topological polar surface area (TPSA) is 87.7 Å². The zero-order valence-corrected chi connectivity index (χ0v) is 27.2. The summed E-state index contributed by atoms with van der Waals surface area (Å²) in [6.07, 6.45) is 0.668. The Morgan fingerprint density at radius 1 is 0.915 bits per heavy atom. The molecule has 7 nitrogen and oxygen atoms in total. The highest BCUT2D eigenvalue weighted by atomic mass is 32.2. The Hall–Kier alpha value is -4.77. The van der Waals surface area contributed by atoms with Crippen molar-refractivity contribution in [3.05, 3.63) is 148 Å². The van der Waals surface area contributed by atoms with Crippen LogP contribution in [0.25, 0.3) is 0 Å². The molecular weight excluding hydrogens is 634 g/mol. The molecule has 5 aromatic rings. The van der Waals surface area contributed by atoms with E-state index in [1.807, 2.05) is 54.6 Å². The average Bonchev–Trinajstić information content (AvgIpc) is 3.44. The zero-order chi connectivity index (χ0) is 32.8. The highest BCUT2D eigenvalue weighted by Gasteiger charge is 2.31. The number of rotatable bonds is 10. The zero-order valence-electron chi connectivity index (χ0n) is 25.6. The molecule has 1 aromatic heterocycles. The molecule has 47 heavy (non-hydrogen) atoms. The van der Waals surface area contributed by atoms with E-state index in [1.54, 1.807) is 24.3 Å². The molecule has 1 aliphatic heterocycles. The largest absolute Gasteiger partial charge is 0.465 e. The van der Waals surface area contributed by atoms with E-state index in [4.69, 9.17) is 4.74 Å². The first kappa shape index (κ1) is 32.2. The molecule has 0 saturated heterocycles. The van der Waals surface area contributed by atoms with Crippen molar-refractivity contribution in [3.63, 3.8) is 0 Å². The third kappa shape index (κ3) is 7.62. The SMILES string of the molecule is COC(=O)c1c(NC(=O)C(Sc2cccc(NC(=O)c3ccccc3F)c2)c2ccccc2)sc2c1CCN(Cc1ccccc1)C2. The van der Waals surface area contributed by atoms with Crippen molar-refractivity contribution < 1.29 is 23.5 Å². The normalized spacial score (nSPS) is 13.3. The Balaban J connectivity index is 1.24. The van der Waals surface area contributed by atoms with Crippen molar-refractivity contribution in [1.29, 1.82) is 0 Å². The maximum absolute atomic E-state index is 14.2. The van der Waals surface area contributed by atoms with Gasteiger partial charge in [0.1, 0.15) is 16.1 Å². The summed E-state index contributed by atoms with van der Waals surface area (Å²) in [7, 11) is 1.35. The second-order valence-corrected chi connectivity index (χ2v) is 13.3. The summed E-state index contributed by atoms with van der Waals surface area (Å²) < 4.78 is 19.4. The Kier molecular flexibility index (Phi) is 10.1. The van der Waals surface area contributed by atoms with Gasteiger partial charge in [-0.25, -0.2) is 9.18 Å². The maximum atomic E-state index is 14.2. The summed E-state index contributed by atoms with van der Waals surface area (Å²) in [4.78, 5) is 44.0. The predicted molar refractivity (Wildman–Crippen MR) is 184 cm³/mol. The molecular formula is C37H32FN3O4S2. The fraction of sp³-hybridized carbons (Fsp3) is 0.162. The van der Waals surface area contributed by atoms with Crippen LogP contribution in [-0.2, 0) is 29.0 Å². The molecule has 2 N–H and O–H groups in total. The number of amides is 2. The van der Waals surface area contributed by atoms with Crippen LogP contribution in [0.1, 0.15) is 47.5 Å². The lowest BCUT2D eigenvalue weighted by Crippen LogP contribution is -2.29. The van der Waals surface area contributed by atoms with E-state index in [1.165, 1.54) is 54.0 Å². The van der Waals surface area contributed by atoms with Crippen LogP contribution in [0.4, 0.5) is 15.1 Å². The fourth-order valence-electron chi connectivity index (χ4n) is 5.54. The third-order valence-electron chi connectivity index (χ3n) is 7.82. The number of carbonyl (C=O) groups is 3. The van der Waals surface area contributed by atoms with Gasteiger partial charge in [0.2, 0.25) is 5.91 Å². The summed E-state index contributed by atoms with van der Waals surface area (Å²) >= 11 is 2.72. The molecule has 0 aliphatic carbocycles. The number of carbonyl (C=O) groups excluding carboxylic acids is 3. The first-order valence-electron chi connectivity index (χ1n) is 15.1. The minimum absolute atomic E-state index is 0.0599. The van der Waals surface area contributed by atoms with E-state index in [0.717, 1.165) is 34.0 Å². The number of thiophene rings is 1. The predicted octanol–water partition coefficient (Wildman–Crippen LogP) is 7.96. The number of methoxy groups -OCH3 is 1. The summed E-state index contributed by atoms with van der Waals surface area (Å²) in [6, 6.07) is 32.5. The molecule has 0 bridgehead atoms. The lowest BCUT2D eigenvalue weighted by molar-refractivity contribution is -0.115. The molecule has 10 heteroatoms. The van der Waals surface area contributed by atoms with Gasteiger partial charge >= 0.3 is 5.97 Å². The third-order valence-corrected chi connectivity index (χ3v) is 10.2. The van der Waals surface area contributed by atoms with Crippen LogP contribution in [0.3, 0.4) is 0 Å². The number of halogens is 1. The van der Waals surface area contributed by atoms with Gasteiger partial charge in [0.05, 0.1) is 18.2 Å². The lowest BCUT2D eigenvalue weighted by atomic mass is 10.0. The molecule has 6 rings (SSSR count). The van der Waals surface area contributed by atoms with Gasteiger partial charge < -0.3 is 15.4 Å². The first-order valence-corrected chi connectivity index (χ1v) is 16.8. The van der Waals surface area contributed by atoms with Crippen LogP contribution in [0.2, 0.25) is 0 Å². The minimum atomic E-state index is -0.687. The van der Waals surface area contributed by atoms with E-state index < -0.39 is 22.9 Å². The monoisotopic (exact) mass is 665 g/mol. The van der Waals surface area contributed by atoms with Crippen LogP contribution in [0, 0.1) is 5.82 Å². The van der Waals surface area contributed by atoms with Crippen LogP contribution < -0.4 is 10.6 Å². The fourth-order valence-corrected chi connectivity index (χ4v) is 7.91. The van der Waals surface area contributed by atoms with Crippen molar-refractivity contribution in [2.75, 3.05) is 24.3 Å². The molecule has 238 valence electrons. The standard InChI is InChI=1S/C37H32FN3O4S2/c1-45-37(44)32-29-19-20-41(22-24-11-4-2-5-12-24)23-31(29)47-36(32)40-35(43)33(25-13-6-3-7-14-25)46-27-16-10-15-26(21-27)39-34(42)28-17-8-9-18-30(28)38/h2-18,21,33H,19-20,22-23H2,1H3,(H,39,42)(H,40,43). The van der Waals surface area contributed by atoms with Crippen molar-refractivity contribution in [2.45, 2.75) is 29.7 Å². The van der Waals surface area contributed by atoms with Gasteiger partial charge in [-0.05, 0) is 53.4 Å². The van der Waals surface area contributed by atoms with Crippen molar-refractivity contribution in [1.82, 2.24) is 4.90 Å². The summed E-state index contributed by atoms with van der Waals surface area (Å²) in [5.41, 5.74) is 3.72. The second-order valence-electron chi connectivity index (χ2n) is 11.0. The number of nitrogens with one attached hydrogen (secondary N) is 2. The van der Waals surface area contributed by atoms with Crippen molar-refractivity contribution in [2.24, 2.45) is 0 Å². The number of thioether (sulfide) groups is 1. The van der Waals surface area contributed by atoms with Crippen molar-refractivity contribution in [3.8, 4) is 0 Å². The number of anilines is 2. The van der Waals surface area contributed by atoms with Crippen LogP contribution in [0.15, 0.2) is 114 Å². The van der Waals surface area contributed by atoms with E-state index >= 15 is 0 Å². The second kappa shape index (κ2) is 14.8. The van der Waals surface area contributed by atoms with Gasteiger partial charge in [0, 0.05) is 35.1 Å². The number of benzene rings is 4. The number of hydrogen-bond donors (Lipinski definition) is 2. The molecule has 0 saturated carbocycles. The van der Waals surface area contributed by atoms with Crippen LogP contribution in [0.5, 0.6) is 0 Å². The molecule has 2 heterocycles. The highest BCUT2D eigenvalue weighted by Crippen LogP contribution is 2.41. The van der Waals surface area contributed by atoms with Gasteiger partial charge in [0.15, 0.2) is 0 Å². The Morgan fingerprint density at radius 3 is 2.38 bits per heavy atom. The van der Waals surface area contributed by atoms with E-state index in [9.17, 15) is 18.8 Å². The number of fused-ring (bicyclic) bond motifs is 1. The molecule has 0 radical (unpaired) electrons. The van der Waals surface area contributed by atoms with Gasteiger partial charge in [-0.2, -0.15) is 0 Å². The Morgan fingerprint density at radius 2 is 1.64 bits per heavy atom. The Labute approximate surface area is 280 Å². The quantitative estimate of drug-likeness (QED) is 0.116. The summed E-state index contributed by atoms with van der Waals surface area (Å²) in [5.74, 6) is -1.95. The smallest absolute Gasteiger partial charge is 0.341 e.